The Bertz CT molecular complexity index is 1330. The van der Waals surface area contributed by atoms with Crippen LogP contribution in [0.2, 0.25) is 0 Å². The van der Waals surface area contributed by atoms with Crippen LogP contribution in [0.4, 0.5) is 24.5 Å². The second-order valence-electron chi connectivity index (χ2n) is 8.08. The maximum Gasteiger partial charge on any atom is 0.534 e. The Hall–Kier alpha value is -2.55. The van der Waals surface area contributed by atoms with Crippen molar-refractivity contribution in [2.24, 2.45) is 0 Å². The molecule has 0 bridgehead atoms. The maximum atomic E-state index is 12.8. The lowest BCUT2D eigenvalue weighted by molar-refractivity contribution is -0.385. The summed E-state index contributed by atoms with van der Waals surface area (Å²) >= 11 is 1.94. The van der Waals surface area contributed by atoms with Crippen LogP contribution in [0.15, 0.2) is 36.4 Å². The van der Waals surface area contributed by atoms with Crippen molar-refractivity contribution in [3.05, 3.63) is 61.2 Å². The molecule has 2 aromatic rings. The standard InChI is InChI=1S/C20H16F3IN2O6S/c1-18(2)14-10-13(32-33(29,30)20(21,22)23)4-5-16(14)25(3)19(18)7-6-11-8-12(26(27)28)9-15(24)17(11)31-19/h4-10H,1-3H3. The van der Waals surface area contributed by atoms with E-state index in [1.165, 1.54) is 24.3 Å². The van der Waals surface area contributed by atoms with Gasteiger partial charge in [-0.15, -0.1) is 0 Å². The van der Waals surface area contributed by atoms with Gasteiger partial charge in [-0.3, -0.25) is 10.1 Å². The van der Waals surface area contributed by atoms with E-state index >= 15 is 0 Å². The van der Waals surface area contributed by atoms with Crippen molar-refractivity contribution in [3.8, 4) is 11.5 Å². The Morgan fingerprint density at radius 2 is 1.88 bits per heavy atom. The molecule has 8 nitrogen and oxygen atoms in total. The molecular weight excluding hydrogens is 580 g/mol. The second-order valence-corrected chi connectivity index (χ2v) is 10.8. The van der Waals surface area contributed by atoms with Crippen LogP contribution >= 0.6 is 22.6 Å². The molecule has 0 aromatic heterocycles. The van der Waals surface area contributed by atoms with Crippen LogP contribution in [-0.4, -0.2) is 31.6 Å². The average Bonchev–Trinajstić information content (AvgIpc) is 2.85. The molecule has 2 aliphatic heterocycles. The van der Waals surface area contributed by atoms with E-state index in [2.05, 4.69) is 4.18 Å². The number of nitro groups is 1. The summed E-state index contributed by atoms with van der Waals surface area (Å²) in [6.45, 7) is 3.59. The fourth-order valence-electron chi connectivity index (χ4n) is 4.17. The fourth-order valence-corrected chi connectivity index (χ4v) is 5.36. The van der Waals surface area contributed by atoms with Gasteiger partial charge in [0.25, 0.3) is 5.69 Å². The van der Waals surface area contributed by atoms with E-state index < -0.39 is 37.4 Å². The van der Waals surface area contributed by atoms with Gasteiger partial charge in [-0.2, -0.15) is 21.6 Å². The van der Waals surface area contributed by atoms with E-state index in [0.717, 1.165) is 6.07 Å². The largest absolute Gasteiger partial charge is 0.534 e. The zero-order valence-electron chi connectivity index (χ0n) is 17.3. The van der Waals surface area contributed by atoms with Crippen LogP contribution in [-0.2, 0) is 15.5 Å². The van der Waals surface area contributed by atoms with Crippen molar-refractivity contribution >= 4 is 50.2 Å². The molecule has 2 aromatic carbocycles. The van der Waals surface area contributed by atoms with E-state index in [9.17, 15) is 31.7 Å². The molecule has 0 amide bonds. The Morgan fingerprint density at radius 1 is 1.21 bits per heavy atom. The maximum absolute atomic E-state index is 12.8. The van der Waals surface area contributed by atoms with Crippen molar-refractivity contribution in [2.45, 2.75) is 30.5 Å². The van der Waals surface area contributed by atoms with Gasteiger partial charge in [0, 0.05) is 30.4 Å². The number of ether oxygens (including phenoxy) is 1. The average molecular weight is 596 g/mol. The molecule has 2 heterocycles. The fraction of sp³-hybridized carbons (Fsp3) is 0.300. The van der Waals surface area contributed by atoms with Gasteiger partial charge in [0.05, 0.1) is 13.9 Å². The Labute approximate surface area is 200 Å². The van der Waals surface area contributed by atoms with Crippen molar-refractivity contribution < 1.29 is 35.4 Å². The van der Waals surface area contributed by atoms with Gasteiger partial charge in [-0.25, -0.2) is 0 Å². The molecular formula is C20H16F3IN2O6S. The van der Waals surface area contributed by atoms with Gasteiger partial charge in [0.15, 0.2) is 0 Å². The lowest BCUT2D eigenvalue weighted by Gasteiger charge is -2.46. The first-order chi connectivity index (χ1) is 15.1. The highest BCUT2D eigenvalue weighted by Gasteiger charge is 2.58. The van der Waals surface area contributed by atoms with Crippen LogP contribution in [0.25, 0.3) is 6.08 Å². The molecule has 0 radical (unpaired) electrons. The molecule has 33 heavy (non-hydrogen) atoms. The molecule has 1 unspecified atom stereocenters. The number of anilines is 1. The molecule has 0 aliphatic carbocycles. The number of nitro benzene ring substituents is 1. The molecule has 0 N–H and O–H groups in total. The summed E-state index contributed by atoms with van der Waals surface area (Å²) < 4.78 is 72.4. The van der Waals surface area contributed by atoms with Gasteiger partial charge in [0.2, 0.25) is 5.72 Å². The second kappa shape index (κ2) is 7.22. The molecule has 13 heteroatoms. The third-order valence-corrected chi connectivity index (χ3v) is 7.68. The number of non-ortho nitro benzene ring substituents is 1. The predicted molar refractivity (Wildman–Crippen MR) is 122 cm³/mol. The predicted octanol–water partition coefficient (Wildman–Crippen LogP) is 4.96. The van der Waals surface area contributed by atoms with E-state index in [0.29, 0.717) is 26.1 Å². The number of likely N-dealkylation sites (N-methyl/N-ethyl adjacent to an activating group) is 1. The summed E-state index contributed by atoms with van der Waals surface area (Å²) in [4.78, 5) is 12.5. The first-order valence-corrected chi connectivity index (χ1v) is 11.8. The molecule has 1 atom stereocenters. The summed E-state index contributed by atoms with van der Waals surface area (Å²) in [7, 11) is -4.09. The van der Waals surface area contributed by atoms with Crippen LogP contribution < -0.4 is 13.8 Å². The summed E-state index contributed by atoms with van der Waals surface area (Å²) in [5, 5.41) is 11.2. The quantitative estimate of drug-likeness (QED) is 0.163. The minimum atomic E-state index is -5.82. The van der Waals surface area contributed by atoms with E-state index in [-0.39, 0.29) is 5.69 Å². The molecule has 0 saturated heterocycles. The normalized spacial score (nSPS) is 20.9. The zero-order valence-corrected chi connectivity index (χ0v) is 20.3. The number of fused-ring (bicyclic) bond motifs is 2. The smallest absolute Gasteiger partial charge is 0.462 e. The number of rotatable bonds is 3. The highest BCUT2D eigenvalue weighted by atomic mass is 127. The SMILES string of the molecule is CN1c2ccc(OS(=O)(=O)C(F)(F)F)cc2C(C)(C)C12C=Cc1cc([N+](=O)[O-])cc(I)c1O2. The van der Waals surface area contributed by atoms with E-state index in [1.54, 1.807) is 37.9 Å². The van der Waals surface area contributed by atoms with E-state index in [4.69, 9.17) is 4.74 Å². The van der Waals surface area contributed by atoms with Gasteiger partial charge in [-0.05, 0) is 72.4 Å². The molecule has 0 saturated carbocycles. The van der Waals surface area contributed by atoms with Gasteiger partial charge < -0.3 is 13.8 Å². The molecule has 4 rings (SSSR count). The van der Waals surface area contributed by atoms with Gasteiger partial charge >= 0.3 is 15.6 Å². The topological polar surface area (TPSA) is 99.0 Å². The lowest BCUT2D eigenvalue weighted by Crippen LogP contribution is -2.58. The number of halogens is 4. The summed E-state index contributed by atoms with van der Waals surface area (Å²) in [5.41, 5.74) is -6.06. The number of alkyl halides is 3. The summed E-state index contributed by atoms with van der Waals surface area (Å²) in [6.07, 6.45) is 3.42. The third kappa shape index (κ3) is 3.43. The Balaban J connectivity index is 1.78. The number of benzene rings is 2. The Morgan fingerprint density at radius 3 is 2.48 bits per heavy atom. The zero-order chi connectivity index (χ0) is 24.6. The lowest BCUT2D eigenvalue weighted by atomic mass is 9.76. The van der Waals surface area contributed by atoms with Gasteiger partial charge in [0.1, 0.15) is 11.5 Å². The first-order valence-electron chi connectivity index (χ1n) is 9.36. The monoisotopic (exact) mass is 596 g/mol. The minimum Gasteiger partial charge on any atom is -0.462 e. The van der Waals surface area contributed by atoms with Crippen molar-refractivity contribution in [1.29, 1.82) is 0 Å². The van der Waals surface area contributed by atoms with E-state index in [1.807, 2.05) is 22.6 Å². The number of nitrogens with zero attached hydrogens (tertiary/aromatic N) is 2. The number of hydrogen-bond donors (Lipinski definition) is 0. The van der Waals surface area contributed by atoms with Crippen molar-refractivity contribution in [3.63, 3.8) is 0 Å². The van der Waals surface area contributed by atoms with Crippen molar-refractivity contribution in [1.82, 2.24) is 0 Å². The van der Waals surface area contributed by atoms with Gasteiger partial charge in [-0.1, -0.05) is 0 Å². The third-order valence-electron chi connectivity index (χ3n) is 5.90. The Kier molecular flexibility index (Phi) is 5.17. The van der Waals surface area contributed by atoms with Crippen LogP contribution in [0.1, 0.15) is 25.0 Å². The highest BCUT2D eigenvalue weighted by molar-refractivity contribution is 14.1. The molecule has 2 aliphatic rings. The highest BCUT2D eigenvalue weighted by Crippen LogP contribution is 2.55. The molecule has 0 fully saturated rings. The van der Waals surface area contributed by atoms with Crippen molar-refractivity contribution in [2.75, 3.05) is 11.9 Å². The molecule has 1 spiro atoms. The summed E-state index contributed by atoms with van der Waals surface area (Å²) in [6, 6.07) is 6.62. The van der Waals surface area contributed by atoms with Crippen LogP contribution in [0.3, 0.4) is 0 Å². The number of hydrogen-bond acceptors (Lipinski definition) is 7. The summed E-state index contributed by atoms with van der Waals surface area (Å²) in [5.74, 6) is -0.0532. The minimum absolute atomic E-state index is 0.0858. The van der Waals surface area contributed by atoms with Crippen LogP contribution in [0, 0.1) is 13.7 Å². The van der Waals surface area contributed by atoms with Crippen LogP contribution in [0.5, 0.6) is 11.5 Å². The first kappa shape index (κ1) is 23.6. The molecule has 176 valence electrons.